The van der Waals surface area contributed by atoms with Crippen LogP contribution in [0, 0.1) is 0 Å². The summed E-state index contributed by atoms with van der Waals surface area (Å²) in [6.07, 6.45) is 0.574. The lowest BCUT2D eigenvalue weighted by Crippen LogP contribution is -2.30. The molecule has 2 N–H and O–H groups in total. The summed E-state index contributed by atoms with van der Waals surface area (Å²) in [5, 5.41) is 8.61. The molecule has 1 aliphatic heterocycles. The summed E-state index contributed by atoms with van der Waals surface area (Å²) in [4.78, 5) is 11.1. The summed E-state index contributed by atoms with van der Waals surface area (Å²) in [6, 6.07) is 12.7. The van der Waals surface area contributed by atoms with E-state index in [2.05, 4.69) is 34.9 Å². The third kappa shape index (κ3) is 2.75. The Balaban J connectivity index is 1.71. The molecule has 1 unspecified atom stereocenters. The van der Waals surface area contributed by atoms with Gasteiger partial charge in [0.15, 0.2) is 0 Å². The molecule has 20 heavy (non-hydrogen) atoms. The van der Waals surface area contributed by atoms with E-state index in [1.165, 1.54) is 16.3 Å². The molecule has 0 spiro atoms. The second-order valence-corrected chi connectivity index (χ2v) is 5.13. The van der Waals surface area contributed by atoms with E-state index in [9.17, 15) is 4.79 Å². The van der Waals surface area contributed by atoms with Gasteiger partial charge in [0.2, 0.25) is 5.91 Å². The van der Waals surface area contributed by atoms with Crippen molar-refractivity contribution in [3.05, 3.63) is 42.0 Å². The second-order valence-electron chi connectivity index (χ2n) is 5.13. The Bertz CT molecular complexity index is 639. The normalized spacial score (nSPS) is 18.2. The van der Waals surface area contributed by atoms with Gasteiger partial charge in [-0.15, -0.1) is 0 Å². The Morgan fingerprint density at radius 1 is 1.25 bits per heavy atom. The van der Waals surface area contributed by atoms with Crippen molar-refractivity contribution >= 4 is 16.7 Å². The molecule has 0 aliphatic carbocycles. The average molecular weight is 270 g/mol. The van der Waals surface area contributed by atoms with Crippen molar-refractivity contribution in [3.8, 4) is 5.75 Å². The van der Waals surface area contributed by atoms with Gasteiger partial charge in [0, 0.05) is 25.6 Å². The number of methoxy groups -OCH3 is 1. The van der Waals surface area contributed by atoms with E-state index in [1.54, 1.807) is 7.11 Å². The van der Waals surface area contributed by atoms with Crippen LogP contribution < -0.4 is 15.4 Å². The van der Waals surface area contributed by atoms with Crippen LogP contribution >= 0.6 is 0 Å². The number of benzene rings is 2. The summed E-state index contributed by atoms with van der Waals surface area (Å²) in [5.41, 5.74) is 1.22. The highest BCUT2D eigenvalue weighted by atomic mass is 16.5. The molecular weight excluding hydrogens is 252 g/mol. The van der Waals surface area contributed by atoms with Gasteiger partial charge >= 0.3 is 0 Å². The summed E-state index contributed by atoms with van der Waals surface area (Å²) < 4.78 is 5.23. The van der Waals surface area contributed by atoms with Gasteiger partial charge in [-0.1, -0.05) is 18.2 Å². The van der Waals surface area contributed by atoms with E-state index in [0.29, 0.717) is 6.42 Å². The van der Waals surface area contributed by atoms with Crippen molar-refractivity contribution in [1.29, 1.82) is 0 Å². The Kier molecular flexibility index (Phi) is 3.56. The fourth-order valence-electron chi connectivity index (χ4n) is 2.52. The third-order valence-electron chi connectivity index (χ3n) is 3.68. The first-order valence-electron chi connectivity index (χ1n) is 6.81. The highest BCUT2D eigenvalue weighted by molar-refractivity contribution is 5.84. The van der Waals surface area contributed by atoms with Gasteiger partial charge in [0.1, 0.15) is 5.75 Å². The fourth-order valence-corrected chi connectivity index (χ4v) is 2.52. The predicted molar refractivity (Wildman–Crippen MR) is 78.8 cm³/mol. The van der Waals surface area contributed by atoms with Crippen molar-refractivity contribution in [1.82, 2.24) is 10.6 Å². The Labute approximate surface area is 118 Å². The van der Waals surface area contributed by atoms with Crippen molar-refractivity contribution in [2.45, 2.75) is 19.0 Å². The number of carbonyl (C=O) groups is 1. The van der Waals surface area contributed by atoms with E-state index in [4.69, 9.17) is 4.74 Å². The minimum absolute atomic E-state index is 0.133. The van der Waals surface area contributed by atoms with Gasteiger partial charge < -0.3 is 15.4 Å². The second kappa shape index (κ2) is 5.51. The van der Waals surface area contributed by atoms with Crippen LogP contribution in [0.2, 0.25) is 0 Å². The minimum atomic E-state index is 0.133. The Morgan fingerprint density at radius 3 is 2.80 bits per heavy atom. The molecule has 1 amide bonds. The van der Waals surface area contributed by atoms with Crippen LogP contribution in [0.15, 0.2) is 36.4 Å². The smallest absolute Gasteiger partial charge is 0.221 e. The van der Waals surface area contributed by atoms with Gasteiger partial charge in [-0.25, -0.2) is 0 Å². The molecule has 1 fully saturated rings. The summed E-state index contributed by atoms with van der Waals surface area (Å²) in [5.74, 6) is 1.01. The average Bonchev–Trinajstić information content (AvgIpc) is 2.90. The van der Waals surface area contributed by atoms with Crippen LogP contribution in [-0.4, -0.2) is 25.6 Å². The zero-order valence-electron chi connectivity index (χ0n) is 11.5. The Hall–Kier alpha value is -2.07. The number of ether oxygens (including phenoxy) is 1. The molecule has 0 aromatic heterocycles. The number of hydrogen-bond donors (Lipinski definition) is 2. The summed E-state index contributed by atoms with van der Waals surface area (Å²) in [6.45, 7) is 1.51. The van der Waals surface area contributed by atoms with Crippen molar-refractivity contribution in [2.75, 3.05) is 13.7 Å². The lowest BCUT2D eigenvalue weighted by molar-refractivity contribution is -0.119. The highest BCUT2D eigenvalue weighted by Gasteiger charge is 2.20. The maximum atomic E-state index is 11.1. The molecule has 0 bridgehead atoms. The van der Waals surface area contributed by atoms with Gasteiger partial charge in [0.05, 0.1) is 7.11 Å². The lowest BCUT2D eigenvalue weighted by atomic mass is 10.1. The van der Waals surface area contributed by atoms with E-state index in [-0.39, 0.29) is 11.9 Å². The molecule has 1 atom stereocenters. The number of nitrogens with one attached hydrogen (secondary N) is 2. The molecule has 1 saturated heterocycles. The van der Waals surface area contributed by atoms with Crippen LogP contribution in [0.1, 0.15) is 12.0 Å². The first kappa shape index (κ1) is 12.9. The van der Waals surface area contributed by atoms with Crippen molar-refractivity contribution < 1.29 is 9.53 Å². The first-order chi connectivity index (χ1) is 9.74. The summed E-state index contributed by atoms with van der Waals surface area (Å²) >= 11 is 0. The van der Waals surface area contributed by atoms with E-state index in [1.807, 2.05) is 12.1 Å². The van der Waals surface area contributed by atoms with E-state index < -0.39 is 0 Å². The third-order valence-corrected chi connectivity index (χ3v) is 3.68. The molecule has 2 aromatic rings. The van der Waals surface area contributed by atoms with Gasteiger partial charge in [0.25, 0.3) is 0 Å². The maximum Gasteiger partial charge on any atom is 0.221 e. The van der Waals surface area contributed by atoms with Crippen molar-refractivity contribution in [3.63, 3.8) is 0 Å². The standard InChI is InChI=1S/C16H18N2O2/c1-20-15-5-4-12-6-11(2-3-13(12)7-15)9-17-14-8-16(19)18-10-14/h2-7,14,17H,8-10H2,1H3,(H,18,19). The zero-order chi connectivity index (χ0) is 13.9. The van der Waals surface area contributed by atoms with E-state index >= 15 is 0 Å². The maximum absolute atomic E-state index is 11.1. The van der Waals surface area contributed by atoms with Gasteiger partial charge in [-0.3, -0.25) is 4.79 Å². The number of hydrogen-bond acceptors (Lipinski definition) is 3. The fraction of sp³-hybridized carbons (Fsp3) is 0.312. The highest BCUT2D eigenvalue weighted by Crippen LogP contribution is 2.21. The van der Waals surface area contributed by atoms with Crippen LogP contribution in [-0.2, 0) is 11.3 Å². The SMILES string of the molecule is COc1ccc2cc(CNC3CNC(=O)C3)ccc2c1. The quantitative estimate of drug-likeness (QED) is 0.891. The van der Waals surface area contributed by atoms with Crippen LogP contribution in [0.3, 0.4) is 0 Å². The predicted octanol–water partition coefficient (Wildman–Crippen LogP) is 1.83. The number of amides is 1. The molecule has 1 aliphatic rings. The molecule has 4 heteroatoms. The van der Waals surface area contributed by atoms with Gasteiger partial charge in [-0.05, 0) is 34.5 Å². The largest absolute Gasteiger partial charge is 0.497 e. The minimum Gasteiger partial charge on any atom is -0.497 e. The molecule has 104 valence electrons. The number of rotatable bonds is 4. The molecule has 1 heterocycles. The topological polar surface area (TPSA) is 50.4 Å². The van der Waals surface area contributed by atoms with Crippen LogP contribution in [0.5, 0.6) is 5.75 Å². The molecular formula is C16H18N2O2. The summed E-state index contributed by atoms with van der Waals surface area (Å²) in [7, 11) is 1.68. The molecule has 0 saturated carbocycles. The zero-order valence-corrected chi connectivity index (χ0v) is 11.5. The van der Waals surface area contributed by atoms with Crippen LogP contribution in [0.25, 0.3) is 10.8 Å². The molecule has 2 aromatic carbocycles. The number of fused-ring (bicyclic) bond motifs is 1. The Morgan fingerprint density at radius 2 is 2.05 bits per heavy atom. The first-order valence-corrected chi connectivity index (χ1v) is 6.81. The molecule has 0 radical (unpaired) electrons. The van der Waals surface area contributed by atoms with E-state index in [0.717, 1.165) is 18.8 Å². The van der Waals surface area contributed by atoms with Crippen molar-refractivity contribution in [2.24, 2.45) is 0 Å². The monoisotopic (exact) mass is 270 g/mol. The molecule has 4 nitrogen and oxygen atoms in total. The van der Waals surface area contributed by atoms with Crippen LogP contribution in [0.4, 0.5) is 0 Å². The van der Waals surface area contributed by atoms with Gasteiger partial charge in [-0.2, -0.15) is 0 Å². The molecule has 3 rings (SSSR count). The number of carbonyl (C=O) groups excluding carboxylic acids is 1. The lowest BCUT2D eigenvalue weighted by Gasteiger charge is -2.11.